The molecule has 6 heteroatoms. The molecule has 20 heavy (non-hydrogen) atoms. The van der Waals surface area contributed by atoms with Crippen LogP contribution in [0.5, 0.6) is 0 Å². The molecule has 0 spiro atoms. The second kappa shape index (κ2) is 7.02. The topological polar surface area (TPSA) is 67.5 Å². The number of rotatable bonds is 7. The molecule has 0 fully saturated rings. The van der Waals surface area contributed by atoms with Crippen LogP contribution in [0.4, 0.5) is 0 Å². The maximum atomic E-state index is 12.5. The van der Waals surface area contributed by atoms with Crippen LogP contribution in [0.25, 0.3) is 11.0 Å². The Morgan fingerprint density at radius 3 is 2.60 bits per heavy atom. The molecule has 0 aliphatic heterocycles. The number of hydrogen-bond donors (Lipinski definition) is 1. The fourth-order valence-corrected chi connectivity index (χ4v) is 1.97. The first-order chi connectivity index (χ1) is 9.76. The number of hydrogen-bond acceptors (Lipinski definition) is 4. The molecule has 1 N–H and O–H groups in total. The number of benzene rings is 1. The van der Waals surface area contributed by atoms with Crippen LogP contribution in [0.1, 0.15) is 10.4 Å². The lowest BCUT2D eigenvalue weighted by molar-refractivity contribution is 0.0627. The van der Waals surface area contributed by atoms with Gasteiger partial charge in [0.1, 0.15) is 0 Å². The average molecular weight is 277 g/mol. The minimum atomic E-state index is -0.0319. The Morgan fingerprint density at radius 2 is 1.95 bits per heavy atom. The van der Waals surface area contributed by atoms with Gasteiger partial charge in [0.05, 0.1) is 30.6 Å². The van der Waals surface area contributed by atoms with Crippen molar-refractivity contribution >= 4 is 16.9 Å². The molecule has 0 bridgehead atoms. The summed E-state index contributed by atoms with van der Waals surface area (Å²) in [5, 5.41) is 0. The number of ether oxygens (including phenoxy) is 2. The minimum Gasteiger partial charge on any atom is -0.383 e. The van der Waals surface area contributed by atoms with E-state index in [0.29, 0.717) is 31.9 Å². The van der Waals surface area contributed by atoms with E-state index in [1.807, 2.05) is 12.1 Å². The van der Waals surface area contributed by atoms with Crippen LogP contribution < -0.4 is 0 Å². The summed E-state index contributed by atoms with van der Waals surface area (Å²) >= 11 is 0. The van der Waals surface area contributed by atoms with Crippen molar-refractivity contribution in [2.24, 2.45) is 0 Å². The summed E-state index contributed by atoms with van der Waals surface area (Å²) in [6.45, 7) is 2.09. The minimum absolute atomic E-state index is 0.0319. The van der Waals surface area contributed by atoms with Gasteiger partial charge in [0.15, 0.2) is 0 Å². The van der Waals surface area contributed by atoms with Crippen LogP contribution in [0, 0.1) is 0 Å². The molecule has 0 saturated carbocycles. The van der Waals surface area contributed by atoms with E-state index >= 15 is 0 Å². The number of fused-ring (bicyclic) bond motifs is 1. The standard InChI is InChI=1S/C14H19N3O3/c1-19-7-5-17(6-8-20-2)14(18)11-3-4-12-13(9-11)16-10-15-12/h3-4,9-10H,5-8H2,1-2H3,(H,15,16). The molecule has 2 rings (SSSR count). The van der Waals surface area contributed by atoms with Gasteiger partial charge in [-0.25, -0.2) is 4.98 Å². The number of methoxy groups -OCH3 is 2. The molecule has 0 aliphatic carbocycles. The zero-order valence-corrected chi connectivity index (χ0v) is 11.8. The van der Waals surface area contributed by atoms with Gasteiger partial charge in [-0.1, -0.05) is 0 Å². The number of carbonyl (C=O) groups excluding carboxylic acids is 1. The monoisotopic (exact) mass is 277 g/mol. The number of amides is 1. The fraction of sp³-hybridized carbons (Fsp3) is 0.429. The first-order valence-corrected chi connectivity index (χ1v) is 6.46. The van der Waals surface area contributed by atoms with Crippen molar-refractivity contribution in [3.8, 4) is 0 Å². The second-order valence-electron chi connectivity index (χ2n) is 4.41. The maximum Gasteiger partial charge on any atom is 0.254 e. The van der Waals surface area contributed by atoms with Crippen molar-refractivity contribution in [1.29, 1.82) is 0 Å². The molecule has 0 atom stereocenters. The third-order valence-corrected chi connectivity index (χ3v) is 3.09. The van der Waals surface area contributed by atoms with Gasteiger partial charge >= 0.3 is 0 Å². The molecule has 1 amide bonds. The van der Waals surface area contributed by atoms with Gasteiger partial charge in [0.2, 0.25) is 0 Å². The van der Waals surface area contributed by atoms with Crippen LogP contribution in [0.2, 0.25) is 0 Å². The van der Waals surface area contributed by atoms with Crippen LogP contribution in [-0.2, 0) is 9.47 Å². The van der Waals surface area contributed by atoms with Crippen LogP contribution in [-0.4, -0.2) is 61.3 Å². The van der Waals surface area contributed by atoms with E-state index in [2.05, 4.69) is 9.97 Å². The third kappa shape index (κ3) is 3.34. The summed E-state index contributed by atoms with van der Waals surface area (Å²) in [5.74, 6) is -0.0319. The summed E-state index contributed by atoms with van der Waals surface area (Å²) in [7, 11) is 3.24. The van der Waals surface area contributed by atoms with E-state index in [0.717, 1.165) is 11.0 Å². The van der Waals surface area contributed by atoms with Gasteiger partial charge in [-0.3, -0.25) is 4.79 Å². The number of aromatic nitrogens is 2. The molecule has 1 aromatic heterocycles. The Hall–Kier alpha value is -1.92. The summed E-state index contributed by atoms with van der Waals surface area (Å²) in [4.78, 5) is 21.4. The van der Waals surface area contributed by atoms with Crippen molar-refractivity contribution in [3.05, 3.63) is 30.1 Å². The van der Waals surface area contributed by atoms with Gasteiger partial charge in [-0.05, 0) is 18.2 Å². The molecule has 0 aliphatic rings. The van der Waals surface area contributed by atoms with Crippen molar-refractivity contribution in [1.82, 2.24) is 14.9 Å². The highest BCUT2D eigenvalue weighted by atomic mass is 16.5. The predicted molar refractivity (Wildman–Crippen MR) is 75.7 cm³/mol. The molecule has 1 heterocycles. The van der Waals surface area contributed by atoms with E-state index in [4.69, 9.17) is 9.47 Å². The summed E-state index contributed by atoms with van der Waals surface area (Å²) < 4.78 is 10.1. The number of carbonyl (C=O) groups is 1. The van der Waals surface area contributed by atoms with E-state index in [9.17, 15) is 4.79 Å². The molecule has 0 saturated heterocycles. The first kappa shape index (κ1) is 14.5. The number of nitrogens with one attached hydrogen (secondary N) is 1. The Kier molecular flexibility index (Phi) is 5.09. The van der Waals surface area contributed by atoms with Crippen molar-refractivity contribution < 1.29 is 14.3 Å². The predicted octanol–water partition coefficient (Wildman–Crippen LogP) is 1.30. The average Bonchev–Trinajstić information content (AvgIpc) is 2.94. The van der Waals surface area contributed by atoms with E-state index in [1.165, 1.54) is 0 Å². The highest BCUT2D eigenvalue weighted by Crippen LogP contribution is 2.13. The SMILES string of the molecule is COCCN(CCOC)C(=O)c1ccc2nc[nH]c2c1. The molecule has 0 radical (unpaired) electrons. The van der Waals surface area contributed by atoms with Crippen LogP contribution >= 0.6 is 0 Å². The molecule has 2 aromatic rings. The number of aromatic amines is 1. The van der Waals surface area contributed by atoms with Gasteiger partial charge in [-0.15, -0.1) is 0 Å². The van der Waals surface area contributed by atoms with Gasteiger partial charge in [0.25, 0.3) is 5.91 Å². The Labute approximate surface area is 117 Å². The van der Waals surface area contributed by atoms with Gasteiger partial charge < -0.3 is 19.4 Å². The molecular formula is C14H19N3O3. The van der Waals surface area contributed by atoms with Crippen LogP contribution in [0.3, 0.4) is 0 Å². The van der Waals surface area contributed by atoms with Gasteiger partial charge in [0, 0.05) is 32.9 Å². The molecule has 0 unspecified atom stereocenters. The Morgan fingerprint density at radius 1 is 1.25 bits per heavy atom. The van der Waals surface area contributed by atoms with Crippen molar-refractivity contribution in [2.75, 3.05) is 40.5 Å². The first-order valence-electron chi connectivity index (χ1n) is 6.46. The molecular weight excluding hydrogens is 258 g/mol. The lowest BCUT2D eigenvalue weighted by atomic mass is 10.1. The zero-order valence-electron chi connectivity index (χ0n) is 11.8. The quantitative estimate of drug-likeness (QED) is 0.828. The van der Waals surface area contributed by atoms with Crippen LogP contribution in [0.15, 0.2) is 24.5 Å². The van der Waals surface area contributed by atoms with Crippen molar-refractivity contribution in [3.63, 3.8) is 0 Å². The third-order valence-electron chi connectivity index (χ3n) is 3.09. The Balaban J connectivity index is 2.15. The normalized spacial score (nSPS) is 10.9. The van der Waals surface area contributed by atoms with E-state index in [-0.39, 0.29) is 5.91 Å². The summed E-state index contributed by atoms with van der Waals surface area (Å²) in [6, 6.07) is 5.44. The summed E-state index contributed by atoms with van der Waals surface area (Å²) in [6.07, 6.45) is 1.62. The molecule has 108 valence electrons. The van der Waals surface area contributed by atoms with Crippen molar-refractivity contribution in [2.45, 2.75) is 0 Å². The van der Waals surface area contributed by atoms with Gasteiger partial charge in [-0.2, -0.15) is 0 Å². The zero-order chi connectivity index (χ0) is 14.4. The molecule has 6 nitrogen and oxygen atoms in total. The smallest absolute Gasteiger partial charge is 0.254 e. The number of H-pyrrole nitrogens is 1. The lowest BCUT2D eigenvalue weighted by Gasteiger charge is -2.22. The number of nitrogens with zero attached hydrogens (tertiary/aromatic N) is 2. The van der Waals surface area contributed by atoms with E-state index in [1.54, 1.807) is 31.5 Å². The maximum absolute atomic E-state index is 12.5. The molecule has 1 aromatic carbocycles. The number of imidazole rings is 1. The summed E-state index contributed by atoms with van der Waals surface area (Å²) in [5.41, 5.74) is 2.34. The fourth-order valence-electron chi connectivity index (χ4n) is 1.97. The lowest BCUT2D eigenvalue weighted by Crippen LogP contribution is -2.36. The van der Waals surface area contributed by atoms with E-state index < -0.39 is 0 Å². The second-order valence-corrected chi connectivity index (χ2v) is 4.41. The largest absolute Gasteiger partial charge is 0.383 e. The Bertz CT molecular complexity index is 560. The highest BCUT2D eigenvalue weighted by molar-refractivity contribution is 5.97. The highest BCUT2D eigenvalue weighted by Gasteiger charge is 2.16.